The fourth-order valence-corrected chi connectivity index (χ4v) is 2.31. The summed E-state index contributed by atoms with van der Waals surface area (Å²) in [5.41, 5.74) is 10.7. The highest BCUT2D eigenvalue weighted by atomic mass is 16.1. The van der Waals surface area contributed by atoms with E-state index < -0.39 is 0 Å². The molecule has 0 aliphatic heterocycles. The van der Waals surface area contributed by atoms with E-state index in [4.69, 9.17) is 5.73 Å². The van der Waals surface area contributed by atoms with Crippen molar-refractivity contribution in [3.05, 3.63) is 69.1 Å². The van der Waals surface area contributed by atoms with Gasteiger partial charge >= 0.3 is 0 Å². The Labute approximate surface area is 113 Å². The molecule has 1 atom stereocenters. The summed E-state index contributed by atoms with van der Waals surface area (Å²) in [7, 11) is 0. The normalized spacial score (nSPS) is 12.4. The van der Waals surface area contributed by atoms with Crippen LogP contribution >= 0.6 is 0 Å². The molecule has 2 aromatic rings. The molecule has 1 aromatic heterocycles. The van der Waals surface area contributed by atoms with Gasteiger partial charge in [-0.05, 0) is 43.5 Å². The van der Waals surface area contributed by atoms with Gasteiger partial charge in [-0.1, -0.05) is 23.8 Å². The predicted molar refractivity (Wildman–Crippen MR) is 78.3 cm³/mol. The molecule has 0 spiro atoms. The molecule has 0 radical (unpaired) electrons. The Morgan fingerprint density at radius 1 is 1.11 bits per heavy atom. The molecule has 0 saturated heterocycles. The SMILES string of the molecule is Cc1ccc(C(N)Cn2ccc(C)cc2=O)c(C)c1. The minimum atomic E-state index is -0.166. The van der Waals surface area contributed by atoms with Crippen LogP contribution in [0.3, 0.4) is 0 Å². The van der Waals surface area contributed by atoms with E-state index in [1.807, 2.05) is 13.0 Å². The summed E-state index contributed by atoms with van der Waals surface area (Å²) in [5.74, 6) is 0. The number of benzene rings is 1. The standard InChI is InChI=1S/C16H20N2O/c1-11-4-5-14(13(3)8-11)15(17)10-18-7-6-12(2)9-16(18)19/h4-9,15H,10,17H2,1-3H3. The highest BCUT2D eigenvalue weighted by Gasteiger charge is 2.10. The molecule has 1 unspecified atom stereocenters. The van der Waals surface area contributed by atoms with Crippen molar-refractivity contribution in [2.24, 2.45) is 5.73 Å². The number of hydrogen-bond donors (Lipinski definition) is 1. The van der Waals surface area contributed by atoms with Crippen LogP contribution in [0.4, 0.5) is 0 Å². The topological polar surface area (TPSA) is 48.0 Å². The maximum Gasteiger partial charge on any atom is 0.250 e. The maximum absolute atomic E-state index is 11.9. The first-order valence-electron chi connectivity index (χ1n) is 6.47. The van der Waals surface area contributed by atoms with Crippen molar-refractivity contribution in [1.29, 1.82) is 0 Å². The summed E-state index contributed by atoms with van der Waals surface area (Å²) < 4.78 is 1.66. The number of rotatable bonds is 3. The molecule has 1 aromatic carbocycles. The van der Waals surface area contributed by atoms with Crippen LogP contribution in [-0.2, 0) is 6.54 Å². The Morgan fingerprint density at radius 2 is 1.79 bits per heavy atom. The van der Waals surface area contributed by atoms with E-state index in [0.717, 1.165) is 11.1 Å². The van der Waals surface area contributed by atoms with Gasteiger partial charge in [0.15, 0.2) is 0 Å². The van der Waals surface area contributed by atoms with E-state index in [1.54, 1.807) is 16.8 Å². The van der Waals surface area contributed by atoms with Crippen LogP contribution in [-0.4, -0.2) is 4.57 Å². The monoisotopic (exact) mass is 256 g/mol. The molecule has 0 bridgehead atoms. The maximum atomic E-state index is 11.9. The van der Waals surface area contributed by atoms with Crippen LogP contribution in [0.15, 0.2) is 41.3 Å². The average molecular weight is 256 g/mol. The quantitative estimate of drug-likeness (QED) is 0.917. The summed E-state index contributed by atoms with van der Waals surface area (Å²) >= 11 is 0. The van der Waals surface area contributed by atoms with Crippen molar-refractivity contribution >= 4 is 0 Å². The fourth-order valence-electron chi connectivity index (χ4n) is 2.31. The lowest BCUT2D eigenvalue weighted by molar-refractivity contribution is 0.559. The zero-order valence-electron chi connectivity index (χ0n) is 11.7. The third-order valence-electron chi connectivity index (χ3n) is 3.37. The summed E-state index contributed by atoms with van der Waals surface area (Å²) in [6.45, 7) is 6.53. The first-order chi connectivity index (χ1) is 8.97. The smallest absolute Gasteiger partial charge is 0.250 e. The van der Waals surface area contributed by atoms with Crippen molar-refractivity contribution < 1.29 is 0 Å². The Balaban J connectivity index is 2.25. The van der Waals surface area contributed by atoms with E-state index >= 15 is 0 Å². The van der Waals surface area contributed by atoms with Crippen LogP contribution in [0.25, 0.3) is 0 Å². The second-order valence-corrected chi connectivity index (χ2v) is 5.16. The molecular weight excluding hydrogens is 236 g/mol. The van der Waals surface area contributed by atoms with Crippen molar-refractivity contribution in [3.8, 4) is 0 Å². The number of aromatic nitrogens is 1. The number of nitrogens with zero attached hydrogens (tertiary/aromatic N) is 1. The van der Waals surface area contributed by atoms with Crippen LogP contribution in [0.2, 0.25) is 0 Å². The molecule has 0 aliphatic rings. The number of aryl methyl sites for hydroxylation is 3. The summed E-state index contributed by atoms with van der Waals surface area (Å²) in [6.07, 6.45) is 1.81. The highest BCUT2D eigenvalue weighted by molar-refractivity contribution is 5.32. The third-order valence-corrected chi connectivity index (χ3v) is 3.37. The summed E-state index contributed by atoms with van der Waals surface area (Å²) in [5, 5.41) is 0. The van der Waals surface area contributed by atoms with Gasteiger partial charge in [0, 0.05) is 24.8 Å². The van der Waals surface area contributed by atoms with E-state index in [9.17, 15) is 4.79 Å². The zero-order valence-corrected chi connectivity index (χ0v) is 11.7. The predicted octanol–water partition coefficient (Wildman–Crippen LogP) is 2.47. The van der Waals surface area contributed by atoms with Crippen LogP contribution in [0, 0.1) is 20.8 Å². The van der Waals surface area contributed by atoms with E-state index in [-0.39, 0.29) is 11.6 Å². The largest absolute Gasteiger partial charge is 0.322 e. The van der Waals surface area contributed by atoms with Crippen molar-refractivity contribution in [2.45, 2.75) is 33.4 Å². The Morgan fingerprint density at radius 3 is 2.42 bits per heavy atom. The van der Waals surface area contributed by atoms with Crippen molar-refractivity contribution in [2.75, 3.05) is 0 Å². The second kappa shape index (κ2) is 5.41. The molecule has 1 heterocycles. The lowest BCUT2D eigenvalue weighted by Crippen LogP contribution is -2.26. The molecule has 3 heteroatoms. The molecule has 2 N–H and O–H groups in total. The van der Waals surface area contributed by atoms with Gasteiger partial charge in [0.25, 0.3) is 5.56 Å². The second-order valence-electron chi connectivity index (χ2n) is 5.16. The molecule has 0 saturated carbocycles. The van der Waals surface area contributed by atoms with Crippen molar-refractivity contribution in [3.63, 3.8) is 0 Å². The number of hydrogen-bond acceptors (Lipinski definition) is 2. The molecule has 0 fully saturated rings. The van der Waals surface area contributed by atoms with Gasteiger partial charge < -0.3 is 10.3 Å². The lowest BCUT2D eigenvalue weighted by Gasteiger charge is -2.16. The van der Waals surface area contributed by atoms with Gasteiger partial charge in [-0.15, -0.1) is 0 Å². The lowest BCUT2D eigenvalue weighted by atomic mass is 10.00. The Kier molecular flexibility index (Phi) is 3.86. The minimum Gasteiger partial charge on any atom is -0.322 e. The average Bonchev–Trinajstić information content (AvgIpc) is 2.32. The van der Waals surface area contributed by atoms with Gasteiger partial charge in [0.05, 0.1) is 0 Å². The van der Waals surface area contributed by atoms with Gasteiger partial charge in [-0.2, -0.15) is 0 Å². The molecule has 19 heavy (non-hydrogen) atoms. The van der Waals surface area contributed by atoms with Crippen molar-refractivity contribution in [1.82, 2.24) is 4.57 Å². The highest BCUT2D eigenvalue weighted by Crippen LogP contribution is 2.18. The third kappa shape index (κ3) is 3.12. The molecule has 100 valence electrons. The van der Waals surface area contributed by atoms with Crippen LogP contribution < -0.4 is 11.3 Å². The minimum absolute atomic E-state index is 0.000199. The molecule has 0 aliphatic carbocycles. The first-order valence-corrected chi connectivity index (χ1v) is 6.47. The molecule has 0 amide bonds. The Bertz CT molecular complexity index is 643. The van der Waals surface area contributed by atoms with E-state index in [2.05, 4.69) is 32.0 Å². The fraction of sp³-hybridized carbons (Fsp3) is 0.312. The number of pyridine rings is 1. The summed E-state index contributed by atoms with van der Waals surface area (Å²) in [6, 6.07) is 9.62. The summed E-state index contributed by atoms with van der Waals surface area (Å²) in [4.78, 5) is 11.9. The molecular formula is C16H20N2O. The van der Waals surface area contributed by atoms with Gasteiger partial charge in [0.2, 0.25) is 0 Å². The van der Waals surface area contributed by atoms with E-state index in [0.29, 0.717) is 6.54 Å². The molecule has 3 nitrogen and oxygen atoms in total. The van der Waals surface area contributed by atoms with Gasteiger partial charge in [-0.3, -0.25) is 4.79 Å². The first kappa shape index (κ1) is 13.6. The van der Waals surface area contributed by atoms with Crippen LogP contribution in [0.5, 0.6) is 0 Å². The Hall–Kier alpha value is -1.87. The van der Waals surface area contributed by atoms with Gasteiger partial charge in [0.1, 0.15) is 0 Å². The molecule has 2 rings (SSSR count). The number of nitrogens with two attached hydrogens (primary N) is 1. The van der Waals surface area contributed by atoms with Gasteiger partial charge in [-0.25, -0.2) is 0 Å². The van der Waals surface area contributed by atoms with Crippen LogP contribution in [0.1, 0.15) is 28.3 Å². The zero-order chi connectivity index (χ0) is 14.0. The van der Waals surface area contributed by atoms with E-state index in [1.165, 1.54) is 11.1 Å².